The third-order valence-electron chi connectivity index (χ3n) is 8.88. The number of hydrogen-bond acceptors (Lipinski definition) is 10. The number of hydrogen-bond donors (Lipinski definition) is 2. The van der Waals surface area contributed by atoms with Crippen LogP contribution in [0.4, 0.5) is 10.6 Å². The molecule has 1 aromatic heterocycles. The van der Waals surface area contributed by atoms with E-state index in [-0.39, 0.29) is 68.4 Å². The average molecular weight is 651 g/mol. The number of amides is 3. The van der Waals surface area contributed by atoms with Crippen LogP contribution in [0.5, 0.6) is 0 Å². The molecule has 5 rings (SSSR count). The number of anilines is 1. The van der Waals surface area contributed by atoms with E-state index in [0.29, 0.717) is 43.5 Å². The fourth-order valence-corrected chi connectivity index (χ4v) is 6.21. The fraction of sp³-hybridized carbons (Fsp3) is 0.545. The van der Waals surface area contributed by atoms with Gasteiger partial charge in [0.15, 0.2) is 5.82 Å². The van der Waals surface area contributed by atoms with Crippen LogP contribution >= 0.6 is 0 Å². The molecule has 0 radical (unpaired) electrons. The summed E-state index contributed by atoms with van der Waals surface area (Å²) in [6.45, 7) is 6.60. The maximum atomic E-state index is 13.7. The zero-order valence-corrected chi connectivity index (χ0v) is 26.8. The quantitative estimate of drug-likeness (QED) is 0.241. The first kappa shape index (κ1) is 33.6. The highest BCUT2D eigenvalue weighted by atomic mass is 16.6. The number of unbranched alkanes of at least 4 members (excludes halogenated alkanes) is 1. The number of nitrogens with zero attached hydrogens (tertiary/aromatic N) is 5. The molecule has 1 saturated carbocycles. The molecular formula is C33H42N6O8. The molecule has 4 atom stereocenters. The number of aliphatic carboxylic acids is 1. The van der Waals surface area contributed by atoms with Crippen molar-refractivity contribution in [2.45, 2.75) is 45.6 Å². The summed E-state index contributed by atoms with van der Waals surface area (Å²) in [5, 5.41) is 12.1. The molecule has 14 heteroatoms. The first-order chi connectivity index (χ1) is 22.7. The van der Waals surface area contributed by atoms with Gasteiger partial charge in [0.05, 0.1) is 19.1 Å². The van der Waals surface area contributed by atoms with Gasteiger partial charge in [-0.2, -0.15) is 0 Å². The number of ether oxygens (including phenoxy) is 2. The lowest BCUT2D eigenvalue weighted by Gasteiger charge is -2.36. The highest BCUT2D eigenvalue weighted by molar-refractivity contribution is 5.97. The number of nitrogens with one attached hydrogen (secondary N) is 1. The molecule has 2 aromatic rings. The number of rotatable bonds is 13. The maximum Gasteiger partial charge on any atom is 0.409 e. The number of aromatic nitrogens is 2. The standard InChI is InChI=1S/C33H42N6O8/c1-3-5-17-47-33(45)38-15-13-37(14-16-38)31(43)24(11-12-27(40)41)35-30(42)25-18-26(36-29(34-25)21-9-7-6-8-10-21)39-19-22-23(20-39)28(22)32(44)46-4-2/h6-10,18,22-24,28H,3-5,11-17,19-20H2,1-2H3,(H,35,42)(H,40,41)/t22-,23+,24-,28-/m0/s1. The number of fused-ring (bicyclic) bond motifs is 1. The summed E-state index contributed by atoms with van der Waals surface area (Å²) in [5.41, 5.74) is 0.728. The zero-order valence-electron chi connectivity index (χ0n) is 26.8. The molecule has 14 nitrogen and oxygen atoms in total. The summed E-state index contributed by atoms with van der Waals surface area (Å²) >= 11 is 0. The van der Waals surface area contributed by atoms with E-state index in [1.165, 1.54) is 9.80 Å². The minimum atomic E-state index is -1.12. The van der Waals surface area contributed by atoms with Crippen molar-refractivity contribution in [2.75, 3.05) is 57.4 Å². The van der Waals surface area contributed by atoms with Gasteiger partial charge in [0.1, 0.15) is 17.6 Å². The van der Waals surface area contributed by atoms with Crippen LogP contribution in [0.1, 0.15) is 50.0 Å². The van der Waals surface area contributed by atoms with Crippen molar-refractivity contribution < 1.29 is 38.6 Å². The molecule has 3 aliphatic rings. The Morgan fingerprint density at radius 2 is 1.64 bits per heavy atom. The van der Waals surface area contributed by atoms with Gasteiger partial charge < -0.3 is 34.6 Å². The van der Waals surface area contributed by atoms with E-state index >= 15 is 0 Å². The topological polar surface area (TPSA) is 172 Å². The third-order valence-corrected chi connectivity index (χ3v) is 8.88. The van der Waals surface area contributed by atoms with E-state index in [4.69, 9.17) is 14.5 Å². The van der Waals surface area contributed by atoms with E-state index in [1.807, 2.05) is 42.2 Å². The largest absolute Gasteiger partial charge is 0.481 e. The van der Waals surface area contributed by atoms with E-state index in [9.17, 15) is 29.1 Å². The third kappa shape index (κ3) is 8.16. The first-order valence-electron chi connectivity index (χ1n) is 16.3. The van der Waals surface area contributed by atoms with Gasteiger partial charge in [-0.1, -0.05) is 43.7 Å². The van der Waals surface area contributed by atoms with Gasteiger partial charge in [-0.15, -0.1) is 0 Å². The predicted molar refractivity (Wildman–Crippen MR) is 169 cm³/mol. The molecule has 47 heavy (non-hydrogen) atoms. The minimum absolute atomic E-state index is 0.0316. The molecule has 0 spiro atoms. The average Bonchev–Trinajstić information content (AvgIpc) is 3.59. The Balaban J connectivity index is 1.30. The number of carbonyl (C=O) groups excluding carboxylic acids is 4. The van der Waals surface area contributed by atoms with E-state index in [1.54, 1.807) is 13.0 Å². The molecule has 2 aliphatic heterocycles. The second-order valence-corrected chi connectivity index (χ2v) is 12.1. The Kier molecular flexibility index (Phi) is 10.9. The Morgan fingerprint density at radius 3 is 2.28 bits per heavy atom. The first-order valence-corrected chi connectivity index (χ1v) is 16.3. The number of carboxylic acids is 1. The smallest absolute Gasteiger partial charge is 0.409 e. The van der Waals surface area contributed by atoms with Gasteiger partial charge in [-0.25, -0.2) is 14.8 Å². The lowest BCUT2D eigenvalue weighted by Crippen LogP contribution is -2.56. The Bertz CT molecular complexity index is 1450. The van der Waals surface area contributed by atoms with Crippen molar-refractivity contribution in [2.24, 2.45) is 17.8 Å². The van der Waals surface area contributed by atoms with Crippen LogP contribution < -0.4 is 10.2 Å². The van der Waals surface area contributed by atoms with Crippen LogP contribution in [-0.4, -0.2) is 113 Å². The van der Waals surface area contributed by atoms with Gasteiger partial charge >= 0.3 is 18.0 Å². The number of benzene rings is 1. The van der Waals surface area contributed by atoms with Crippen molar-refractivity contribution in [1.82, 2.24) is 25.1 Å². The lowest BCUT2D eigenvalue weighted by molar-refractivity contribution is -0.145. The lowest BCUT2D eigenvalue weighted by atomic mass is 10.1. The second-order valence-electron chi connectivity index (χ2n) is 12.1. The summed E-state index contributed by atoms with van der Waals surface area (Å²) in [6, 6.07) is 9.64. The summed E-state index contributed by atoms with van der Waals surface area (Å²) in [7, 11) is 0. The summed E-state index contributed by atoms with van der Waals surface area (Å²) in [5.74, 6) is -1.32. The summed E-state index contributed by atoms with van der Waals surface area (Å²) in [6.07, 6.45) is 0.794. The number of piperazine rings is 1. The molecule has 3 heterocycles. The van der Waals surface area contributed by atoms with Crippen molar-refractivity contribution >= 4 is 35.7 Å². The molecule has 252 valence electrons. The summed E-state index contributed by atoms with van der Waals surface area (Å²) < 4.78 is 10.5. The van der Waals surface area contributed by atoms with Crippen molar-refractivity contribution in [3.63, 3.8) is 0 Å². The molecule has 3 fully saturated rings. The number of carboxylic acid groups (broad SMARTS) is 1. The molecule has 0 bridgehead atoms. The van der Waals surface area contributed by atoms with Crippen LogP contribution in [0, 0.1) is 17.8 Å². The van der Waals surface area contributed by atoms with Gasteiger partial charge in [0.25, 0.3) is 5.91 Å². The van der Waals surface area contributed by atoms with Crippen LogP contribution in [-0.2, 0) is 23.9 Å². The van der Waals surface area contributed by atoms with Crippen LogP contribution in [0.2, 0.25) is 0 Å². The second kappa shape index (κ2) is 15.2. The van der Waals surface area contributed by atoms with Crippen LogP contribution in [0.15, 0.2) is 36.4 Å². The molecule has 2 N–H and O–H groups in total. The molecule has 1 aromatic carbocycles. The van der Waals surface area contributed by atoms with Crippen molar-refractivity contribution in [3.05, 3.63) is 42.1 Å². The molecule has 1 aliphatic carbocycles. The van der Waals surface area contributed by atoms with Crippen molar-refractivity contribution in [3.8, 4) is 11.4 Å². The van der Waals surface area contributed by atoms with Gasteiger partial charge in [-0.3, -0.25) is 19.2 Å². The van der Waals surface area contributed by atoms with Gasteiger partial charge in [-0.05, 0) is 31.6 Å². The number of carbonyl (C=O) groups is 5. The monoisotopic (exact) mass is 650 g/mol. The summed E-state index contributed by atoms with van der Waals surface area (Å²) in [4.78, 5) is 77.8. The van der Waals surface area contributed by atoms with Crippen LogP contribution in [0.25, 0.3) is 11.4 Å². The highest BCUT2D eigenvalue weighted by Crippen LogP contribution is 2.53. The van der Waals surface area contributed by atoms with Crippen molar-refractivity contribution in [1.29, 1.82) is 0 Å². The molecule has 3 amide bonds. The minimum Gasteiger partial charge on any atom is -0.481 e. The predicted octanol–water partition coefficient (Wildman–Crippen LogP) is 2.43. The van der Waals surface area contributed by atoms with Gasteiger partial charge in [0, 0.05) is 57.3 Å². The Morgan fingerprint density at radius 1 is 0.957 bits per heavy atom. The molecular weight excluding hydrogens is 608 g/mol. The Hall–Kier alpha value is -4.75. The number of piperidine rings is 1. The zero-order chi connectivity index (χ0) is 33.5. The van der Waals surface area contributed by atoms with Crippen LogP contribution in [0.3, 0.4) is 0 Å². The van der Waals surface area contributed by atoms with Gasteiger partial charge in [0.2, 0.25) is 5.91 Å². The Labute approximate surface area is 273 Å². The normalized spacial score (nSPS) is 20.6. The molecule has 2 saturated heterocycles. The fourth-order valence-electron chi connectivity index (χ4n) is 6.21. The maximum absolute atomic E-state index is 13.7. The number of esters is 1. The van der Waals surface area contributed by atoms with E-state index in [0.717, 1.165) is 12.8 Å². The van der Waals surface area contributed by atoms with E-state index in [2.05, 4.69) is 10.3 Å². The SMILES string of the molecule is CCCCOC(=O)N1CCN(C(=O)[C@H](CCC(=O)O)NC(=O)c2cc(N3C[C@@H]4[C@H](C3)[C@@H]4C(=O)OCC)nc(-c3ccccc3)n2)CC1. The highest BCUT2D eigenvalue weighted by Gasteiger charge is 2.60. The van der Waals surface area contributed by atoms with E-state index < -0.39 is 29.9 Å². The molecule has 0 unspecified atom stereocenters.